The number of fused-ring (bicyclic) bond motifs is 1. The van der Waals surface area contributed by atoms with Gasteiger partial charge in [-0.1, -0.05) is 12.1 Å². The molecule has 1 unspecified atom stereocenters. The molecule has 1 aliphatic rings. The normalized spacial score (nSPS) is 13.9. The van der Waals surface area contributed by atoms with Crippen LogP contribution in [0.3, 0.4) is 0 Å². The van der Waals surface area contributed by atoms with E-state index in [1.165, 1.54) is 37.5 Å². The summed E-state index contributed by atoms with van der Waals surface area (Å²) in [5.74, 6) is -1.44. The molecular weight excluding hydrogens is 345 g/mol. The van der Waals surface area contributed by atoms with Gasteiger partial charge in [-0.3, -0.25) is 4.79 Å². The number of carbonyl (C=O) groups is 2. The molecule has 0 fully saturated rings. The molecule has 0 saturated carbocycles. The molecule has 0 spiro atoms. The Bertz CT molecular complexity index is 817. The highest BCUT2D eigenvalue weighted by molar-refractivity contribution is 7.17. The van der Waals surface area contributed by atoms with E-state index in [0.29, 0.717) is 10.6 Å². The van der Waals surface area contributed by atoms with Crippen LogP contribution >= 0.6 is 11.3 Å². The van der Waals surface area contributed by atoms with Gasteiger partial charge in [0.15, 0.2) is 17.7 Å². The zero-order chi connectivity index (χ0) is 18.0. The summed E-state index contributed by atoms with van der Waals surface area (Å²) in [5.41, 5.74) is 1.38. The number of anilines is 1. The number of para-hydroxylation sites is 1. The minimum atomic E-state index is -0.917. The summed E-state index contributed by atoms with van der Waals surface area (Å²) in [5, 5.41) is 3.19. The molecule has 0 aliphatic heterocycles. The van der Waals surface area contributed by atoms with Gasteiger partial charge in [-0.15, -0.1) is 11.3 Å². The molecule has 1 aromatic heterocycles. The number of amides is 1. The number of methoxy groups -OCH3 is 1. The predicted molar refractivity (Wildman–Crippen MR) is 92.8 cm³/mol. The van der Waals surface area contributed by atoms with Crippen molar-refractivity contribution >= 4 is 28.2 Å². The third-order valence-corrected chi connectivity index (χ3v) is 5.26. The van der Waals surface area contributed by atoms with E-state index >= 15 is 0 Å². The van der Waals surface area contributed by atoms with E-state index in [4.69, 9.17) is 9.47 Å². The minimum Gasteiger partial charge on any atom is -0.478 e. The van der Waals surface area contributed by atoms with E-state index in [0.717, 1.165) is 29.7 Å². The number of halogens is 1. The third-order valence-electron chi connectivity index (χ3n) is 4.06. The number of benzene rings is 1. The van der Waals surface area contributed by atoms with E-state index in [9.17, 15) is 14.0 Å². The molecule has 1 atom stereocenters. The second-order valence-corrected chi connectivity index (χ2v) is 6.84. The Morgan fingerprint density at radius 1 is 1.28 bits per heavy atom. The molecule has 25 heavy (non-hydrogen) atoms. The first-order valence-corrected chi connectivity index (χ1v) is 8.77. The van der Waals surface area contributed by atoms with Gasteiger partial charge in [0.1, 0.15) is 5.00 Å². The number of hydrogen-bond acceptors (Lipinski definition) is 5. The van der Waals surface area contributed by atoms with Crippen LogP contribution in [0, 0.1) is 5.82 Å². The van der Waals surface area contributed by atoms with Crippen molar-refractivity contribution in [3.05, 3.63) is 46.1 Å². The number of thiophene rings is 1. The maximum atomic E-state index is 13.6. The van der Waals surface area contributed by atoms with Crippen molar-refractivity contribution in [2.45, 2.75) is 32.3 Å². The molecule has 1 N–H and O–H groups in total. The Kier molecular flexibility index (Phi) is 5.03. The lowest BCUT2D eigenvalue weighted by Crippen LogP contribution is -2.30. The van der Waals surface area contributed by atoms with Crippen LogP contribution in [-0.2, 0) is 22.4 Å². The van der Waals surface area contributed by atoms with Crippen molar-refractivity contribution < 1.29 is 23.5 Å². The molecule has 7 heteroatoms. The maximum absolute atomic E-state index is 13.6. The maximum Gasteiger partial charge on any atom is 0.341 e. The fourth-order valence-electron chi connectivity index (χ4n) is 2.81. The lowest BCUT2D eigenvalue weighted by Gasteiger charge is -2.15. The van der Waals surface area contributed by atoms with Gasteiger partial charge < -0.3 is 14.8 Å². The molecule has 1 aromatic carbocycles. The average Bonchev–Trinajstić information content (AvgIpc) is 3.16. The largest absolute Gasteiger partial charge is 0.478 e. The lowest BCUT2D eigenvalue weighted by atomic mass is 10.1. The number of hydrogen-bond donors (Lipinski definition) is 1. The van der Waals surface area contributed by atoms with Crippen LogP contribution in [0.25, 0.3) is 0 Å². The Morgan fingerprint density at radius 2 is 2.04 bits per heavy atom. The van der Waals surface area contributed by atoms with E-state index < -0.39 is 23.8 Å². The predicted octanol–water partition coefficient (Wildman–Crippen LogP) is 3.57. The van der Waals surface area contributed by atoms with E-state index in [2.05, 4.69) is 5.32 Å². The van der Waals surface area contributed by atoms with Gasteiger partial charge in [0.2, 0.25) is 0 Å². The van der Waals surface area contributed by atoms with Crippen LogP contribution in [0.15, 0.2) is 24.3 Å². The Hall–Kier alpha value is -2.41. The summed E-state index contributed by atoms with van der Waals surface area (Å²) in [6.07, 6.45) is 1.76. The first-order chi connectivity index (χ1) is 12.0. The third kappa shape index (κ3) is 3.51. The number of ether oxygens (including phenoxy) is 2. The van der Waals surface area contributed by atoms with Crippen molar-refractivity contribution in [3.8, 4) is 5.75 Å². The molecule has 0 saturated heterocycles. The van der Waals surface area contributed by atoms with Crippen LogP contribution in [0.2, 0.25) is 0 Å². The van der Waals surface area contributed by atoms with Crippen LogP contribution in [0.5, 0.6) is 5.75 Å². The smallest absolute Gasteiger partial charge is 0.341 e. The lowest BCUT2D eigenvalue weighted by molar-refractivity contribution is -0.122. The molecule has 2 aromatic rings. The second kappa shape index (κ2) is 7.23. The van der Waals surface area contributed by atoms with Gasteiger partial charge in [-0.2, -0.15) is 0 Å². The Morgan fingerprint density at radius 3 is 2.76 bits per heavy atom. The zero-order valence-electron chi connectivity index (χ0n) is 13.9. The quantitative estimate of drug-likeness (QED) is 0.825. The second-order valence-electron chi connectivity index (χ2n) is 5.73. The van der Waals surface area contributed by atoms with Gasteiger partial charge >= 0.3 is 5.97 Å². The number of nitrogens with one attached hydrogen (secondary N) is 1. The van der Waals surface area contributed by atoms with Crippen molar-refractivity contribution in [2.75, 3.05) is 12.4 Å². The van der Waals surface area contributed by atoms with Crippen LogP contribution in [-0.4, -0.2) is 25.1 Å². The fourth-order valence-corrected chi connectivity index (χ4v) is 4.09. The van der Waals surface area contributed by atoms with Crippen LogP contribution < -0.4 is 10.1 Å². The molecule has 1 aliphatic carbocycles. The molecule has 3 rings (SSSR count). The Balaban J connectivity index is 1.77. The summed E-state index contributed by atoms with van der Waals surface area (Å²) in [6.45, 7) is 1.53. The molecule has 0 bridgehead atoms. The topological polar surface area (TPSA) is 64.6 Å². The van der Waals surface area contributed by atoms with Gasteiger partial charge in [0.05, 0.1) is 12.7 Å². The monoisotopic (exact) mass is 363 g/mol. The standard InChI is InChI=1S/C18H18FNO4S/c1-10(24-13-8-4-3-7-12(13)19)16(21)20-17-15(18(22)23-2)11-6-5-9-14(11)25-17/h3-4,7-8,10H,5-6,9H2,1-2H3,(H,20,21). The summed E-state index contributed by atoms with van der Waals surface area (Å²) < 4.78 is 23.9. The summed E-state index contributed by atoms with van der Waals surface area (Å²) >= 11 is 1.39. The summed E-state index contributed by atoms with van der Waals surface area (Å²) in [7, 11) is 1.32. The number of esters is 1. The minimum absolute atomic E-state index is 0.00650. The number of rotatable bonds is 5. The molecular formula is C18H18FNO4S. The van der Waals surface area contributed by atoms with Gasteiger partial charge in [0.25, 0.3) is 5.91 Å². The number of carbonyl (C=O) groups excluding carboxylic acids is 2. The van der Waals surface area contributed by atoms with Crippen molar-refractivity contribution in [1.29, 1.82) is 0 Å². The average molecular weight is 363 g/mol. The van der Waals surface area contributed by atoms with Crippen molar-refractivity contribution in [2.24, 2.45) is 0 Å². The van der Waals surface area contributed by atoms with Crippen LogP contribution in [0.4, 0.5) is 9.39 Å². The highest BCUT2D eigenvalue weighted by Crippen LogP contribution is 2.39. The fraction of sp³-hybridized carbons (Fsp3) is 0.333. The van der Waals surface area contributed by atoms with Gasteiger partial charge in [0, 0.05) is 4.88 Å². The SMILES string of the molecule is COC(=O)c1c(NC(=O)C(C)Oc2ccccc2F)sc2c1CCC2. The van der Waals surface area contributed by atoms with Crippen molar-refractivity contribution in [1.82, 2.24) is 0 Å². The first-order valence-electron chi connectivity index (χ1n) is 7.96. The molecule has 5 nitrogen and oxygen atoms in total. The summed E-state index contributed by atoms with van der Waals surface area (Å²) in [6, 6.07) is 5.89. The number of aryl methyl sites for hydroxylation is 1. The van der Waals surface area contributed by atoms with E-state index in [1.54, 1.807) is 12.1 Å². The Labute approximate surface area is 148 Å². The van der Waals surface area contributed by atoms with E-state index in [-0.39, 0.29) is 5.75 Å². The molecule has 1 amide bonds. The molecule has 132 valence electrons. The first kappa shape index (κ1) is 17.4. The molecule has 0 radical (unpaired) electrons. The van der Waals surface area contributed by atoms with E-state index in [1.807, 2.05) is 0 Å². The highest BCUT2D eigenvalue weighted by atomic mass is 32.1. The highest BCUT2D eigenvalue weighted by Gasteiger charge is 2.29. The van der Waals surface area contributed by atoms with Crippen molar-refractivity contribution in [3.63, 3.8) is 0 Å². The van der Waals surface area contributed by atoms with Crippen LogP contribution in [0.1, 0.15) is 34.1 Å². The molecule has 1 heterocycles. The van der Waals surface area contributed by atoms with Gasteiger partial charge in [-0.05, 0) is 43.9 Å². The zero-order valence-corrected chi connectivity index (χ0v) is 14.7. The van der Waals surface area contributed by atoms with Gasteiger partial charge in [-0.25, -0.2) is 9.18 Å². The summed E-state index contributed by atoms with van der Waals surface area (Å²) in [4.78, 5) is 25.6.